The molecule has 1 aromatic heterocycles. The molecule has 1 rings (SSSR count). The van der Waals surface area contributed by atoms with Crippen LogP contribution >= 0.6 is 0 Å². The summed E-state index contributed by atoms with van der Waals surface area (Å²) in [5, 5.41) is 7.21. The highest BCUT2D eigenvalue weighted by atomic mass is 19.4. The molecule has 0 aromatic carbocycles. The van der Waals surface area contributed by atoms with E-state index in [2.05, 4.69) is 10.2 Å². The zero-order valence-corrected chi connectivity index (χ0v) is 8.12. The Kier molecular flexibility index (Phi) is 3.33. The Bertz CT molecular complexity index is 309. The molecular formula is C8H11F3N4. The molecule has 1 heterocycles. The SMILES string of the molecule is CN(CCC(F)(F)F)c1ccc(N)nn1. The summed E-state index contributed by atoms with van der Waals surface area (Å²) in [6, 6.07) is 3.02. The van der Waals surface area contributed by atoms with E-state index in [9.17, 15) is 13.2 Å². The number of nitrogens with zero attached hydrogens (tertiary/aromatic N) is 3. The lowest BCUT2D eigenvalue weighted by Gasteiger charge is -2.18. The summed E-state index contributed by atoms with van der Waals surface area (Å²) in [5.74, 6) is 0.608. The maximum Gasteiger partial charge on any atom is 0.390 e. The lowest BCUT2D eigenvalue weighted by molar-refractivity contribution is -0.132. The van der Waals surface area contributed by atoms with Gasteiger partial charge in [0.25, 0.3) is 0 Å². The van der Waals surface area contributed by atoms with Crippen molar-refractivity contribution in [3.05, 3.63) is 12.1 Å². The summed E-state index contributed by atoms with van der Waals surface area (Å²) in [6.07, 6.45) is -5.04. The highest BCUT2D eigenvalue weighted by Gasteiger charge is 2.27. The number of halogens is 3. The van der Waals surface area contributed by atoms with Crippen LogP contribution in [0, 0.1) is 0 Å². The van der Waals surface area contributed by atoms with E-state index >= 15 is 0 Å². The van der Waals surface area contributed by atoms with E-state index in [0.29, 0.717) is 5.82 Å². The van der Waals surface area contributed by atoms with E-state index < -0.39 is 12.6 Å². The predicted octanol–water partition coefficient (Wildman–Crippen LogP) is 1.45. The van der Waals surface area contributed by atoms with E-state index in [1.807, 2.05) is 0 Å². The molecule has 4 nitrogen and oxygen atoms in total. The van der Waals surface area contributed by atoms with E-state index in [-0.39, 0.29) is 12.4 Å². The summed E-state index contributed by atoms with van der Waals surface area (Å²) in [5.41, 5.74) is 5.30. The molecule has 0 unspecified atom stereocenters. The molecule has 0 amide bonds. The van der Waals surface area contributed by atoms with Gasteiger partial charge >= 0.3 is 6.18 Å². The van der Waals surface area contributed by atoms with Crippen molar-refractivity contribution >= 4 is 11.6 Å². The Morgan fingerprint density at radius 2 is 2.00 bits per heavy atom. The van der Waals surface area contributed by atoms with Crippen LogP contribution in [0.3, 0.4) is 0 Å². The van der Waals surface area contributed by atoms with Gasteiger partial charge in [0.05, 0.1) is 6.42 Å². The van der Waals surface area contributed by atoms with Crippen LogP contribution in [0.15, 0.2) is 12.1 Å². The number of hydrogen-bond donors (Lipinski definition) is 1. The van der Waals surface area contributed by atoms with E-state index in [4.69, 9.17) is 5.73 Å². The first-order chi connectivity index (χ1) is 6.88. The second-order valence-electron chi connectivity index (χ2n) is 3.10. The van der Waals surface area contributed by atoms with Crippen molar-refractivity contribution in [1.29, 1.82) is 0 Å². The summed E-state index contributed by atoms with van der Waals surface area (Å²) >= 11 is 0. The van der Waals surface area contributed by atoms with Gasteiger partial charge in [-0.1, -0.05) is 0 Å². The fourth-order valence-corrected chi connectivity index (χ4v) is 0.948. The van der Waals surface area contributed by atoms with Crippen molar-refractivity contribution in [2.24, 2.45) is 0 Å². The van der Waals surface area contributed by atoms with Gasteiger partial charge in [-0.15, -0.1) is 10.2 Å². The van der Waals surface area contributed by atoms with Crippen LogP contribution in [0.5, 0.6) is 0 Å². The Morgan fingerprint density at radius 3 is 2.47 bits per heavy atom. The molecule has 7 heteroatoms. The highest BCUT2D eigenvalue weighted by Crippen LogP contribution is 2.20. The lowest BCUT2D eigenvalue weighted by atomic mass is 10.4. The van der Waals surface area contributed by atoms with E-state index in [1.165, 1.54) is 24.1 Å². The van der Waals surface area contributed by atoms with Crippen LogP contribution in [0.1, 0.15) is 6.42 Å². The molecule has 0 fully saturated rings. The molecule has 0 aliphatic carbocycles. The molecule has 84 valence electrons. The lowest BCUT2D eigenvalue weighted by Crippen LogP contribution is -2.25. The second kappa shape index (κ2) is 4.33. The first kappa shape index (κ1) is 11.5. The van der Waals surface area contributed by atoms with E-state index in [1.54, 1.807) is 0 Å². The Hall–Kier alpha value is -1.53. The highest BCUT2D eigenvalue weighted by molar-refractivity contribution is 5.40. The summed E-state index contributed by atoms with van der Waals surface area (Å²) in [7, 11) is 1.52. The predicted molar refractivity (Wildman–Crippen MR) is 50.4 cm³/mol. The third kappa shape index (κ3) is 4.01. The van der Waals surface area contributed by atoms with Crippen LogP contribution in [0.2, 0.25) is 0 Å². The minimum Gasteiger partial charge on any atom is -0.382 e. The maximum absolute atomic E-state index is 11.9. The van der Waals surface area contributed by atoms with Crippen molar-refractivity contribution < 1.29 is 13.2 Å². The zero-order chi connectivity index (χ0) is 11.5. The van der Waals surface area contributed by atoms with Gasteiger partial charge in [0.15, 0.2) is 5.82 Å². The van der Waals surface area contributed by atoms with Crippen LogP contribution in [0.25, 0.3) is 0 Å². The van der Waals surface area contributed by atoms with Gasteiger partial charge in [0.1, 0.15) is 5.82 Å². The minimum atomic E-state index is -4.16. The van der Waals surface area contributed by atoms with Crippen LogP contribution in [-0.2, 0) is 0 Å². The third-order valence-electron chi connectivity index (χ3n) is 1.79. The number of aromatic nitrogens is 2. The largest absolute Gasteiger partial charge is 0.390 e. The molecule has 0 spiro atoms. The van der Waals surface area contributed by atoms with Gasteiger partial charge < -0.3 is 10.6 Å². The molecular weight excluding hydrogens is 209 g/mol. The van der Waals surface area contributed by atoms with Crippen molar-refractivity contribution in [1.82, 2.24) is 10.2 Å². The second-order valence-corrected chi connectivity index (χ2v) is 3.10. The number of rotatable bonds is 3. The molecule has 0 saturated heterocycles. The summed E-state index contributed by atoms with van der Waals surface area (Å²) in [4.78, 5) is 1.37. The number of alkyl halides is 3. The molecule has 0 saturated carbocycles. The van der Waals surface area contributed by atoms with Gasteiger partial charge in [-0.25, -0.2) is 0 Å². The third-order valence-corrected chi connectivity index (χ3v) is 1.79. The molecule has 0 aliphatic rings. The van der Waals surface area contributed by atoms with Gasteiger partial charge in [-0.3, -0.25) is 0 Å². The van der Waals surface area contributed by atoms with Gasteiger partial charge in [-0.05, 0) is 12.1 Å². The molecule has 0 aliphatic heterocycles. The monoisotopic (exact) mass is 220 g/mol. The van der Waals surface area contributed by atoms with Crippen molar-refractivity contribution in [3.63, 3.8) is 0 Å². The fourth-order valence-electron chi connectivity index (χ4n) is 0.948. The minimum absolute atomic E-state index is 0.151. The van der Waals surface area contributed by atoms with Crippen molar-refractivity contribution in [2.75, 3.05) is 24.2 Å². The summed E-state index contributed by atoms with van der Waals surface area (Å²) in [6.45, 7) is -0.151. The van der Waals surface area contributed by atoms with E-state index in [0.717, 1.165) is 0 Å². The van der Waals surface area contributed by atoms with Crippen LogP contribution in [-0.4, -0.2) is 30.0 Å². The van der Waals surface area contributed by atoms with Crippen LogP contribution < -0.4 is 10.6 Å². The number of nitrogens with two attached hydrogens (primary N) is 1. The molecule has 0 bridgehead atoms. The van der Waals surface area contributed by atoms with Crippen molar-refractivity contribution in [3.8, 4) is 0 Å². The zero-order valence-electron chi connectivity index (χ0n) is 8.12. The molecule has 1 aromatic rings. The first-order valence-electron chi connectivity index (χ1n) is 4.25. The normalized spacial score (nSPS) is 11.5. The topological polar surface area (TPSA) is 55.0 Å². The molecule has 0 atom stereocenters. The average molecular weight is 220 g/mol. The van der Waals surface area contributed by atoms with Gasteiger partial charge in [0, 0.05) is 13.6 Å². The molecule has 0 radical (unpaired) electrons. The quantitative estimate of drug-likeness (QED) is 0.837. The van der Waals surface area contributed by atoms with Gasteiger partial charge in [0.2, 0.25) is 0 Å². The smallest absolute Gasteiger partial charge is 0.382 e. The Morgan fingerprint density at radius 1 is 1.33 bits per heavy atom. The standard InChI is InChI=1S/C8H11F3N4/c1-15(5-4-8(9,10)11)7-3-2-6(12)13-14-7/h2-3H,4-5H2,1H3,(H2,12,13). The summed E-state index contributed by atoms with van der Waals surface area (Å²) < 4.78 is 35.7. The average Bonchev–Trinajstić information content (AvgIpc) is 2.14. The Labute approximate surface area is 84.9 Å². The molecule has 2 N–H and O–H groups in total. The van der Waals surface area contributed by atoms with Crippen LogP contribution in [0.4, 0.5) is 24.8 Å². The number of anilines is 2. The van der Waals surface area contributed by atoms with Crippen molar-refractivity contribution in [2.45, 2.75) is 12.6 Å². The maximum atomic E-state index is 11.9. The Balaban J connectivity index is 2.54. The number of hydrogen-bond acceptors (Lipinski definition) is 4. The fraction of sp³-hybridized carbons (Fsp3) is 0.500. The van der Waals surface area contributed by atoms with Gasteiger partial charge in [-0.2, -0.15) is 13.2 Å². The first-order valence-corrected chi connectivity index (χ1v) is 4.25. The molecule has 15 heavy (non-hydrogen) atoms. The number of nitrogen functional groups attached to an aromatic ring is 1.